The van der Waals surface area contributed by atoms with Gasteiger partial charge in [-0.2, -0.15) is 0 Å². The minimum Gasteiger partial charge on any atom is -0.388 e. The molecule has 0 bridgehead atoms. The van der Waals surface area contributed by atoms with E-state index in [1.807, 2.05) is 6.07 Å². The lowest BCUT2D eigenvalue weighted by Gasteiger charge is -2.34. The lowest BCUT2D eigenvalue weighted by molar-refractivity contribution is -0.0844. The smallest absolute Gasteiger partial charge is 0.251 e. The predicted octanol–water partition coefficient (Wildman–Crippen LogP) is 2.15. The Kier molecular flexibility index (Phi) is 5.92. The zero-order valence-corrected chi connectivity index (χ0v) is 12.3. The first-order valence-corrected chi connectivity index (χ1v) is 6.62. The number of aliphatic hydroxyl groups is 1. The third kappa shape index (κ3) is 4.47. The molecule has 4 nitrogen and oxygen atoms in total. The molecule has 2 atom stereocenters. The van der Waals surface area contributed by atoms with Crippen molar-refractivity contribution < 1.29 is 14.6 Å². The first kappa shape index (κ1) is 16.4. The van der Waals surface area contributed by atoms with Crippen LogP contribution in [0.25, 0.3) is 0 Å². The highest BCUT2D eigenvalue weighted by atomic mass is 16.5. The minimum absolute atomic E-state index is 0.191. The van der Waals surface area contributed by atoms with E-state index in [9.17, 15) is 9.90 Å². The van der Waals surface area contributed by atoms with Crippen molar-refractivity contribution in [2.45, 2.75) is 38.0 Å². The van der Waals surface area contributed by atoms with Crippen LogP contribution in [0.3, 0.4) is 0 Å². The van der Waals surface area contributed by atoms with E-state index < -0.39 is 11.7 Å². The summed E-state index contributed by atoms with van der Waals surface area (Å²) < 4.78 is 5.35. The maximum absolute atomic E-state index is 12.2. The second-order valence-electron chi connectivity index (χ2n) is 5.28. The molecule has 1 rings (SSSR count). The van der Waals surface area contributed by atoms with Gasteiger partial charge in [0.15, 0.2) is 0 Å². The normalized spacial score (nSPS) is 14.4. The fraction of sp³-hybridized carbons (Fsp3) is 0.438. The highest BCUT2D eigenvalue weighted by Gasteiger charge is 2.34. The fourth-order valence-corrected chi connectivity index (χ4v) is 2.22. The van der Waals surface area contributed by atoms with E-state index in [1.54, 1.807) is 44.2 Å². The van der Waals surface area contributed by atoms with Gasteiger partial charge >= 0.3 is 0 Å². The molecule has 0 aliphatic carbocycles. The molecule has 0 aliphatic heterocycles. The maximum atomic E-state index is 12.2. The number of hydrogen-bond acceptors (Lipinski definition) is 3. The average Bonchev–Trinajstić information content (AvgIpc) is 2.39. The maximum Gasteiger partial charge on any atom is 0.251 e. The molecule has 0 spiro atoms. The van der Waals surface area contributed by atoms with Crippen LogP contribution in [0, 0.1) is 0 Å². The third-order valence-corrected chi connectivity index (χ3v) is 3.09. The van der Waals surface area contributed by atoms with Crippen LogP contribution >= 0.6 is 0 Å². The van der Waals surface area contributed by atoms with Crippen LogP contribution in [0.5, 0.6) is 0 Å². The highest BCUT2D eigenvalue weighted by Crippen LogP contribution is 2.18. The van der Waals surface area contributed by atoms with Crippen molar-refractivity contribution in [1.82, 2.24) is 5.32 Å². The molecule has 20 heavy (non-hydrogen) atoms. The van der Waals surface area contributed by atoms with Crippen molar-refractivity contribution in [3.8, 4) is 0 Å². The van der Waals surface area contributed by atoms with Gasteiger partial charge in [0.2, 0.25) is 0 Å². The van der Waals surface area contributed by atoms with Crippen LogP contribution in [0.15, 0.2) is 43.0 Å². The molecule has 1 aromatic carbocycles. The molecule has 0 fully saturated rings. The Morgan fingerprint density at radius 2 is 2.05 bits per heavy atom. The van der Waals surface area contributed by atoms with Crippen molar-refractivity contribution in [3.63, 3.8) is 0 Å². The van der Waals surface area contributed by atoms with Gasteiger partial charge in [-0.05, 0) is 32.4 Å². The minimum atomic E-state index is -1.06. The Morgan fingerprint density at radius 3 is 2.50 bits per heavy atom. The van der Waals surface area contributed by atoms with E-state index in [2.05, 4.69) is 11.9 Å². The molecule has 0 saturated heterocycles. The summed E-state index contributed by atoms with van der Waals surface area (Å²) in [7, 11) is 1.52. The number of hydrogen-bond donors (Lipinski definition) is 2. The molecular formula is C16H23NO3. The van der Waals surface area contributed by atoms with Crippen LogP contribution in [0.2, 0.25) is 0 Å². The molecule has 110 valence electrons. The van der Waals surface area contributed by atoms with Crippen molar-refractivity contribution in [1.29, 1.82) is 0 Å². The number of methoxy groups -OCH3 is 1. The fourth-order valence-electron chi connectivity index (χ4n) is 2.22. The van der Waals surface area contributed by atoms with E-state index >= 15 is 0 Å². The molecule has 0 unspecified atom stereocenters. The monoisotopic (exact) mass is 277 g/mol. The number of rotatable bonds is 7. The van der Waals surface area contributed by atoms with Gasteiger partial charge in [-0.3, -0.25) is 4.79 Å². The molecule has 0 heterocycles. The predicted molar refractivity (Wildman–Crippen MR) is 79.6 cm³/mol. The zero-order valence-electron chi connectivity index (χ0n) is 12.3. The number of carbonyl (C=O) groups excluding carboxylic acids is 1. The Hall–Kier alpha value is -1.65. The summed E-state index contributed by atoms with van der Waals surface area (Å²) in [6.07, 6.45) is 1.70. The summed E-state index contributed by atoms with van der Waals surface area (Å²) in [5.74, 6) is -0.191. The Bertz CT molecular complexity index is 437. The SMILES string of the molecule is C=CC[C@H](NC(=O)c1ccccc1)[C@@H](OC)C(C)(C)O. The largest absolute Gasteiger partial charge is 0.388 e. The number of benzene rings is 1. The number of nitrogens with one attached hydrogen (secondary N) is 1. The molecule has 0 saturated carbocycles. The molecule has 1 amide bonds. The second kappa shape index (κ2) is 7.22. The molecule has 0 aromatic heterocycles. The van der Waals surface area contributed by atoms with Crippen LogP contribution in [-0.2, 0) is 4.74 Å². The lowest BCUT2D eigenvalue weighted by Crippen LogP contribution is -2.53. The van der Waals surface area contributed by atoms with Crippen molar-refractivity contribution in [2.75, 3.05) is 7.11 Å². The van der Waals surface area contributed by atoms with E-state index in [1.165, 1.54) is 7.11 Å². The second-order valence-corrected chi connectivity index (χ2v) is 5.28. The van der Waals surface area contributed by atoms with Crippen LogP contribution in [0.4, 0.5) is 0 Å². The summed E-state index contributed by atoms with van der Waals surface area (Å²) in [6.45, 7) is 7.01. The van der Waals surface area contributed by atoms with Gasteiger partial charge in [-0.15, -0.1) is 6.58 Å². The molecule has 1 aromatic rings. The summed E-state index contributed by atoms with van der Waals surface area (Å²) in [4.78, 5) is 12.2. The van der Waals surface area contributed by atoms with Gasteiger partial charge in [0.1, 0.15) is 6.10 Å². The van der Waals surface area contributed by atoms with Crippen LogP contribution < -0.4 is 5.32 Å². The molecule has 0 aliphatic rings. The summed E-state index contributed by atoms with van der Waals surface area (Å²) in [6, 6.07) is 8.61. The number of carbonyl (C=O) groups is 1. The number of amides is 1. The van der Waals surface area contributed by atoms with Crippen LogP contribution in [0.1, 0.15) is 30.6 Å². The van der Waals surface area contributed by atoms with E-state index in [0.717, 1.165) is 0 Å². The Balaban J connectivity index is 2.87. The van der Waals surface area contributed by atoms with Gasteiger partial charge < -0.3 is 15.2 Å². The van der Waals surface area contributed by atoms with Crippen molar-refractivity contribution in [3.05, 3.63) is 48.6 Å². The van der Waals surface area contributed by atoms with E-state index in [4.69, 9.17) is 4.74 Å². The summed E-state index contributed by atoms with van der Waals surface area (Å²) in [5, 5.41) is 13.0. The first-order valence-electron chi connectivity index (χ1n) is 6.62. The first-order chi connectivity index (χ1) is 9.40. The summed E-state index contributed by atoms with van der Waals surface area (Å²) >= 11 is 0. The third-order valence-electron chi connectivity index (χ3n) is 3.09. The van der Waals surface area contributed by atoms with Gasteiger partial charge in [0, 0.05) is 12.7 Å². The lowest BCUT2D eigenvalue weighted by atomic mass is 9.92. The molecular weight excluding hydrogens is 254 g/mol. The zero-order chi connectivity index (χ0) is 15.2. The van der Waals surface area contributed by atoms with Crippen molar-refractivity contribution >= 4 is 5.91 Å². The topological polar surface area (TPSA) is 58.6 Å². The Morgan fingerprint density at radius 1 is 1.45 bits per heavy atom. The quantitative estimate of drug-likeness (QED) is 0.751. The molecule has 2 N–H and O–H groups in total. The van der Waals surface area contributed by atoms with Crippen molar-refractivity contribution in [2.24, 2.45) is 0 Å². The van der Waals surface area contributed by atoms with E-state index in [0.29, 0.717) is 12.0 Å². The number of ether oxygens (including phenoxy) is 1. The molecule has 0 radical (unpaired) electrons. The summed E-state index contributed by atoms with van der Waals surface area (Å²) in [5.41, 5.74) is -0.487. The van der Waals surface area contributed by atoms with Gasteiger partial charge in [-0.25, -0.2) is 0 Å². The van der Waals surface area contributed by atoms with Gasteiger partial charge in [-0.1, -0.05) is 24.3 Å². The van der Waals surface area contributed by atoms with Crippen LogP contribution in [-0.4, -0.2) is 35.9 Å². The van der Waals surface area contributed by atoms with E-state index in [-0.39, 0.29) is 11.9 Å². The van der Waals surface area contributed by atoms with Gasteiger partial charge in [0.25, 0.3) is 5.91 Å². The highest BCUT2D eigenvalue weighted by molar-refractivity contribution is 5.94. The Labute approximate surface area is 120 Å². The molecule has 4 heteroatoms. The average molecular weight is 277 g/mol. The standard InChI is InChI=1S/C16H23NO3/c1-5-9-13(14(20-4)16(2,3)19)17-15(18)12-10-7-6-8-11-12/h5-8,10-11,13-14,19H,1,9H2,2-4H3,(H,17,18)/t13-,14+/m0/s1. The van der Waals surface area contributed by atoms with Gasteiger partial charge in [0.05, 0.1) is 11.6 Å².